The van der Waals surface area contributed by atoms with E-state index in [-0.39, 0.29) is 36.9 Å². The van der Waals surface area contributed by atoms with Crippen LogP contribution in [0.2, 0.25) is 0 Å². The highest BCUT2D eigenvalue weighted by molar-refractivity contribution is 5.98. The third-order valence-corrected chi connectivity index (χ3v) is 8.34. The van der Waals surface area contributed by atoms with Crippen molar-refractivity contribution in [3.05, 3.63) is 78.2 Å². The predicted molar refractivity (Wildman–Crippen MR) is 165 cm³/mol. The van der Waals surface area contributed by atoms with Gasteiger partial charge < -0.3 is 24.3 Å². The molecular formula is C33H33F2N7O2. The number of amides is 1. The molecule has 44 heavy (non-hydrogen) atoms. The third kappa shape index (κ3) is 5.77. The van der Waals surface area contributed by atoms with Gasteiger partial charge in [-0.05, 0) is 50.5 Å². The van der Waals surface area contributed by atoms with Crippen LogP contribution in [0.3, 0.4) is 0 Å². The second-order valence-electron chi connectivity index (χ2n) is 11.9. The van der Waals surface area contributed by atoms with Gasteiger partial charge >= 0.3 is 6.01 Å². The van der Waals surface area contributed by atoms with Crippen molar-refractivity contribution < 1.29 is 18.3 Å². The summed E-state index contributed by atoms with van der Waals surface area (Å²) >= 11 is 0. The van der Waals surface area contributed by atoms with E-state index in [1.54, 1.807) is 6.07 Å². The van der Waals surface area contributed by atoms with Crippen molar-refractivity contribution in [1.82, 2.24) is 24.8 Å². The quantitative estimate of drug-likeness (QED) is 0.196. The summed E-state index contributed by atoms with van der Waals surface area (Å²) in [7, 11) is 4.07. The van der Waals surface area contributed by atoms with Crippen molar-refractivity contribution in [2.24, 2.45) is 5.41 Å². The molecule has 226 valence electrons. The Morgan fingerprint density at radius 2 is 1.91 bits per heavy atom. The van der Waals surface area contributed by atoms with Gasteiger partial charge in [0.2, 0.25) is 6.54 Å². The molecule has 1 saturated heterocycles. The van der Waals surface area contributed by atoms with Gasteiger partial charge in [0.25, 0.3) is 5.91 Å². The Bertz CT molecular complexity index is 1800. The van der Waals surface area contributed by atoms with Gasteiger partial charge in [-0.1, -0.05) is 36.9 Å². The minimum absolute atomic E-state index is 0.00396. The maximum absolute atomic E-state index is 15.0. The van der Waals surface area contributed by atoms with Crippen LogP contribution in [0, 0.1) is 17.8 Å². The number of pyridine rings is 1. The van der Waals surface area contributed by atoms with Gasteiger partial charge in [-0.25, -0.2) is 20.3 Å². The SMILES string of the molecule is [C-]#[N+]C[C@H]1CN(c2nc(OCC3(CN(C)C)CC3)nc3nc(-c4cccc5cccc(F)c45)ccc23)CCN1C(=O)C(=C)F. The first-order valence-corrected chi connectivity index (χ1v) is 14.6. The molecule has 3 heterocycles. The maximum Gasteiger partial charge on any atom is 0.320 e. The molecule has 1 atom stereocenters. The van der Waals surface area contributed by atoms with Crippen molar-refractivity contribution in [2.45, 2.75) is 18.9 Å². The molecule has 2 fully saturated rings. The number of carbonyl (C=O) groups is 1. The summed E-state index contributed by atoms with van der Waals surface area (Å²) in [5, 5.41) is 1.89. The Balaban J connectivity index is 1.41. The molecule has 1 aliphatic heterocycles. The summed E-state index contributed by atoms with van der Waals surface area (Å²) in [4.78, 5) is 35.8. The topological polar surface area (TPSA) is 79.1 Å². The Kier molecular flexibility index (Phi) is 7.86. The summed E-state index contributed by atoms with van der Waals surface area (Å²) in [6, 6.07) is 13.8. The lowest BCUT2D eigenvalue weighted by Crippen LogP contribution is -2.56. The van der Waals surface area contributed by atoms with Crippen molar-refractivity contribution in [2.75, 3.05) is 58.3 Å². The molecule has 2 aromatic carbocycles. The second-order valence-corrected chi connectivity index (χ2v) is 11.9. The summed E-state index contributed by atoms with van der Waals surface area (Å²) in [5.74, 6) is -1.65. The molecule has 11 heteroatoms. The van der Waals surface area contributed by atoms with Gasteiger partial charge in [0.05, 0.1) is 17.7 Å². The number of hydrogen-bond acceptors (Lipinski definition) is 7. The fourth-order valence-electron chi connectivity index (χ4n) is 6.08. The summed E-state index contributed by atoms with van der Waals surface area (Å²) in [6.45, 7) is 12.7. The van der Waals surface area contributed by atoms with Gasteiger partial charge in [-0.15, -0.1) is 0 Å². The van der Waals surface area contributed by atoms with Crippen molar-refractivity contribution in [3.8, 4) is 17.3 Å². The standard InChI is InChI=1S/C33H33F2N7O2/c1-21(34)31(43)42-16-15-41(18-23(42)17-36-2)30-25-11-12-27(24-9-5-7-22-8-6-10-26(35)28(22)24)37-29(25)38-32(39-30)44-20-33(13-14-33)19-40(3)4/h5-12,23H,1,13-20H2,3-4H3/t23-/m0/s1. The number of fused-ring (bicyclic) bond motifs is 2. The van der Waals surface area contributed by atoms with Crippen LogP contribution >= 0.6 is 0 Å². The maximum atomic E-state index is 15.0. The van der Waals surface area contributed by atoms with E-state index in [4.69, 9.17) is 26.3 Å². The number of hydrogen-bond donors (Lipinski definition) is 0. The minimum Gasteiger partial charge on any atom is -0.463 e. The second kappa shape index (κ2) is 11.8. The number of aromatic nitrogens is 3. The lowest BCUT2D eigenvalue weighted by atomic mass is 10.0. The van der Waals surface area contributed by atoms with E-state index in [0.717, 1.165) is 24.8 Å². The number of halogens is 2. The highest BCUT2D eigenvalue weighted by atomic mass is 19.1. The molecule has 0 unspecified atom stereocenters. The van der Waals surface area contributed by atoms with E-state index in [1.165, 1.54) is 11.0 Å². The van der Waals surface area contributed by atoms with Crippen LogP contribution in [0.15, 0.2) is 60.9 Å². The lowest BCUT2D eigenvalue weighted by molar-refractivity contribution is -0.131. The van der Waals surface area contributed by atoms with Crippen LogP contribution < -0.4 is 9.64 Å². The van der Waals surface area contributed by atoms with Crippen molar-refractivity contribution >= 4 is 33.5 Å². The average Bonchev–Trinajstić information content (AvgIpc) is 3.77. The number of ether oxygens (including phenoxy) is 1. The molecular weight excluding hydrogens is 564 g/mol. The number of rotatable bonds is 9. The molecule has 0 spiro atoms. The number of carbonyl (C=O) groups excluding carboxylic acids is 1. The molecule has 2 aliphatic rings. The number of anilines is 1. The van der Waals surface area contributed by atoms with Gasteiger partial charge in [0.1, 0.15) is 17.7 Å². The fraction of sp³-hybridized carbons (Fsp3) is 0.364. The van der Waals surface area contributed by atoms with E-state index in [9.17, 15) is 9.18 Å². The number of benzene rings is 2. The van der Waals surface area contributed by atoms with Crippen LogP contribution in [-0.4, -0.2) is 90.1 Å². The molecule has 6 rings (SSSR count). The van der Waals surface area contributed by atoms with Crippen LogP contribution in [-0.2, 0) is 4.79 Å². The summed E-state index contributed by atoms with van der Waals surface area (Å²) in [6.07, 6.45) is 2.10. The molecule has 0 N–H and O–H groups in total. The summed E-state index contributed by atoms with van der Waals surface area (Å²) in [5.41, 5.74) is 1.62. The van der Waals surface area contributed by atoms with E-state index in [0.29, 0.717) is 46.6 Å². The highest BCUT2D eigenvalue weighted by Crippen LogP contribution is 2.46. The molecule has 9 nitrogen and oxygen atoms in total. The third-order valence-electron chi connectivity index (χ3n) is 8.34. The molecule has 2 aromatic heterocycles. The van der Waals surface area contributed by atoms with E-state index < -0.39 is 17.8 Å². The Morgan fingerprint density at radius 1 is 1.14 bits per heavy atom. The zero-order chi connectivity index (χ0) is 31.0. The predicted octanol–water partition coefficient (Wildman–Crippen LogP) is 5.12. The first-order valence-electron chi connectivity index (χ1n) is 14.6. The van der Waals surface area contributed by atoms with Crippen LogP contribution in [0.4, 0.5) is 14.6 Å². The molecule has 1 aliphatic carbocycles. The molecule has 4 aromatic rings. The average molecular weight is 598 g/mol. The van der Waals surface area contributed by atoms with Crippen molar-refractivity contribution in [1.29, 1.82) is 0 Å². The first-order chi connectivity index (χ1) is 21.2. The fourth-order valence-corrected chi connectivity index (χ4v) is 6.08. The minimum atomic E-state index is -1.05. The van der Waals surface area contributed by atoms with Crippen molar-refractivity contribution in [3.63, 3.8) is 0 Å². The van der Waals surface area contributed by atoms with Crippen LogP contribution in [0.1, 0.15) is 12.8 Å². The Morgan fingerprint density at radius 3 is 2.61 bits per heavy atom. The highest BCUT2D eigenvalue weighted by Gasteiger charge is 2.44. The smallest absolute Gasteiger partial charge is 0.320 e. The largest absolute Gasteiger partial charge is 0.463 e. The molecule has 1 amide bonds. The normalized spacial score (nSPS) is 17.6. The Labute approximate surface area is 254 Å². The molecule has 1 saturated carbocycles. The molecule has 0 bridgehead atoms. The van der Waals surface area contributed by atoms with Gasteiger partial charge in [-0.2, -0.15) is 9.97 Å². The summed E-state index contributed by atoms with van der Waals surface area (Å²) < 4.78 is 35.0. The zero-order valence-corrected chi connectivity index (χ0v) is 24.8. The Hall–Kier alpha value is -4.69. The number of nitrogens with zero attached hydrogens (tertiary/aromatic N) is 7. The van der Waals surface area contributed by atoms with Gasteiger partial charge in [0, 0.05) is 42.5 Å². The van der Waals surface area contributed by atoms with E-state index in [1.807, 2.05) is 55.4 Å². The van der Waals surface area contributed by atoms with Crippen LogP contribution in [0.25, 0.3) is 37.9 Å². The lowest BCUT2D eigenvalue weighted by Gasteiger charge is -2.39. The molecule has 0 radical (unpaired) electrons. The van der Waals surface area contributed by atoms with E-state index in [2.05, 4.69) is 16.3 Å². The zero-order valence-electron chi connectivity index (χ0n) is 24.8. The van der Waals surface area contributed by atoms with Gasteiger partial charge in [-0.3, -0.25) is 4.79 Å². The number of piperazine rings is 1. The monoisotopic (exact) mass is 597 g/mol. The first kappa shape index (κ1) is 29.4. The van der Waals surface area contributed by atoms with Gasteiger partial charge in [0.15, 0.2) is 11.5 Å². The van der Waals surface area contributed by atoms with E-state index >= 15 is 4.39 Å². The van der Waals surface area contributed by atoms with Crippen LogP contribution in [0.5, 0.6) is 6.01 Å².